The summed E-state index contributed by atoms with van der Waals surface area (Å²) in [5.41, 5.74) is -0.551. The Kier molecular flexibility index (Phi) is 6.27. The molecule has 9 heteroatoms. The molecular formula is C17H20FN3O4S. The lowest BCUT2D eigenvalue weighted by Gasteiger charge is -2.19. The van der Waals surface area contributed by atoms with Crippen LogP contribution in [-0.4, -0.2) is 36.3 Å². The Bertz CT molecular complexity index is 952. The highest BCUT2D eigenvalue weighted by Gasteiger charge is 2.22. The van der Waals surface area contributed by atoms with Crippen molar-refractivity contribution in [3.8, 4) is 0 Å². The molecule has 1 aromatic carbocycles. The maximum atomic E-state index is 13.6. The largest absolute Gasteiger partial charge is 0.322 e. The maximum Gasteiger partial charge on any atom is 0.251 e. The predicted molar refractivity (Wildman–Crippen MR) is 95.8 cm³/mol. The average Bonchev–Trinajstić information content (AvgIpc) is 2.59. The number of hydrogen-bond acceptors (Lipinski definition) is 4. The Morgan fingerprint density at radius 2 is 1.81 bits per heavy atom. The first-order chi connectivity index (χ1) is 12.3. The number of sulfonamides is 1. The van der Waals surface area contributed by atoms with Crippen molar-refractivity contribution in [3.63, 3.8) is 0 Å². The SMILES string of the molecule is CCN(CC)S(=O)(=O)c1ccc(=O)n(CC(=O)Nc2ccccc2F)c1. The van der Waals surface area contributed by atoms with Gasteiger partial charge in [-0.1, -0.05) is 26.0 Å². The number of pyridine rings is 1. The number of hydrogen-bond donors (Lipinski definition) is 1. The molecule has 0 fully saturated rings. The molecule has 7 nitrogen and oxygen atoms in total. The lowest BCUT2D eigenvalue weighted by molar-refractivity contribution is -0.116. The molecule has 0 saturated carbocycles. The van der Waals surface area contributed by atoms with Crippen molar-refractivity contribution >= 4 is 21.6 Å². The molecule has 0 radical (unpaired) electrons. The van der Waals surface area contributed by atoms with Gasteiger partial charge in [-0.3, -0.25) is 9.59 Å². The van der Waals surface area contributed by atoms with Crippen LogP contribution in [0.3, 0.4) is 0 Å². The monoisotopic (exact) mass is 381 g/mol. The number of halogens is 1. The summed E-state index contributed by atoms with van der Waals surface area (Å²) in [6.45, 7) is 3.55. The number of amides is 1. The fraction of sp³-hybridized carbons (Fsp3) is 0.294. The van der Waals surface area contributed by atoms with Crippen molar-refractivity contribution in [3.05, 3.63) is 58.8 Å². The van der Waals surface area contributed by atoms with Crippen molar-refractivity contribution < 1.29 is 17.6 Å². The first-order valence-electron chi connectivity index (χ1n) is 8.04. The third-order valence-electron chi connectivity index (χ3n) is 3.76. The molecule has 2 rings (SSSR count). The lowest BCUT2D eigenvalue weighted by atomic mass is 10.3. The number of anilines is 1. The first-order valence-corrected chi connectivity index (χ1v) is 9.48. The van der Waals surface area contributed by atoms with E-state index in [0.717, 1.165) is 16.8 Å². The predicted octanol–water partition coefficient (Wildman–Crippen LogP) is 1.66. The smallest absolute Gasteiger partial charge is 0.251 e. The first kappa shape index (κ1) is 19.8. The second-order valence-electron chi connectivity index (χ2n) is 5.45. The van der Waals surface area contributed by atoms with E-state index in [1.807, 2.05) is 0 Å². The molecule has 0 aliphatic heterocycles. The quantitative estimate of drug-likeness (QED) is 0.790. The van der Waals surface area contributed by atoms with Gasteiger partial charge in [-0.25, -0.2) is 12.8 Å². The highest BCUT2D eigenvalue weighted by atomic mass is 32.2. The summed E-state index contributed by atoms with van der Waals surface area (Å²) < 4.78 is 40.9. The Balaban J connectivity index is 2.26. The van der Waals surface area contributed by atoms with Crippen molar-refractivity contribution in [1.82, 2.24) is 8.87 Å². The second kappa shape index (κ2) is 8.24. The van der Waals surface area contributed by atoms with Crippen LogP contribution in [0.2, 0.25) is 0 Å². The van der Waals surface area contributed by atoms with Gasteiger partial charge in [-0.05, 0) is 18.2 Å². The summed E-state index contributed by atoms with van der Waals surface area (Å²) in [5.74, 6) is -1.25. The summed E-state index contributed by atoms with van der Waals surface area (Å²) in [6.07, 6.45) is 1.12. The number of carbonyl (C=O) groups is 1. The fourth-order valence-corrected chi connectivity index (χ4v) is 3.88. The van der Waals surface area contributed by atoms with Gasteiger partial charge < -0.3 is 9.88 Å². The summed E-state index contributed by atoms with van der Waals surface area (Å²) >= 11 is 0. The molecule has 0 atom stereocenters. The molecule has 2 aromatic rings. The van der Waals surface area contributed by atoms with E-state index in [4.69, 9.17) is 0 Å². The number of benzene rings is 1. The topological polar surface area (TPSA) is 88.5 Å². The van der Waals surface area contributed by atoms with Gasteiger partial charge in [0, 0.05) is 25.4 Å². The van der Waals surface area contributed by atoms with Crippen LogP contribution >= 0.6 is 0 Å². The number of nitrogens with one attached hydrogen (secondary N) is 1. The average molecular weight is 381 g/mol. The van der Waals surface area contributed by atoms with Crippen molar-refractivity contribution in [2.45, 2.75) is 25.3 Å². The fourth-order valence-electron chi connectivity index (χ4n) is 2.41. The van der Waals surface area contributed by atoms with Crippen molar-refractivity contribution in [2.75, 3.05) is 18.4 Å². The van der Waals surface area contributed by atoms with E-state index in [2.05, 4.69) is 5.32 Å². The zero-order chi connectivity index (χ0) is 19.3. The standard InChI is InChI=1S/C17H20FN3O4S/c1-3-21(4-2)26(24,25)13-9-10-17(23)20(11-13)12-16(22)19-15-8-6-5-7-14(15)18/h5-11H,3-4,12H2,1-2H3,(H,19,22). The van der Waals surface area contributed by atoms with Gasteiger partial charge in [0.2, 0.25) is 15.9 Å². The van der Waals surface area contributed by atoms with E-state index in [0.29, 0.717) is 0 Å². The molecule has 0 saturated heterocycles. The maximum absolute atomic E-state index is 13.6. The highest BCUT2D eigenvalue weighted by Crippen LogP contribution is 2.14. The molecule has 0 aliphatic rings. The number of para-hydroxylation sites is 1. The summed E-state index contributed by atoms with van der Waals surface area (Å²) in [7, 11) is -3.76. The van der Waals surface area contributed by atoms with E-state index in [1.54, 1.807) is 19.9 Å². The third-order valence-corrected chi connectivity index (χ3v) is 5.79. The van der Waals surface area contributed by atoms with Gasteiger partial charge in [0.1, 0.15) is 12.4 Å². The zero-order valence-corrected chi connectivity index (χ0v) is 15.3. The summed E-state index contributed by atoms with van der Waals surface area (Å²) in [6, 6.07) is 7.92. The van der Waals surface area contributed by atoms with Crippen LogP contribution < -0.4 is 10.9 Å². The third kappa shape index (κ3) is 4.36. The van der Waals surface area contributed by atoms with Gasteiger partial charge in [-0.15, -0.1) is 0 Å². The Morgan fingerprint density at radius 3 is 2.42 bits per heavy atom. The highest BCUT2D eigenvalue weighted by molar-refractivity contribution is 7.89. The molecule has 1 N–H and O–H groups in total. The van der Waals surface area contributed by atoms with E-state index in [-0.39, 0.29) is 23.7 Å². The molecular weight excluding hydrogens is 361 g/mol. The van der Waals surface area contributed by atoms with Crippen molar-refractivity contribution in [1.29, 1.82) is 0 Å². The lowest BCUT2D eigenvalue weighted by Crippen LogP contribution is -2.33. The van der Waals surface area contributed by atoms with Crippen LogP contribution in [0.5, 0.6) is 0 Å². The van der Waals surface area contributed by atoms with Crippen LogP contribution in [0.4, 0.5) is 10.1 Å². The Labute approximate surface area is 151 Å². The number of rotatable bonds is 7. The Hall–Kier alpha value is -2.52. The van der Waals surface area contributed by atoms with Crippen molar-refractivity contribution in [2.24, 2.45) is 0 Å². The van der Waals surface area contributed by atoms with Crippen LogP contribution in [0, 0.1) is 5.82 Å². The molecule has 26 heavy (non-hydrogen) atoms. The molecule has 1 heterocycles. The van der Waals surface area contributed by atoms with Crippen LogP contribution in [0.25, 0.3) is 0 Å². The van der Waals surface area contributed by atoms with E-state index in [9.17, 15) is 22.4 Å². The normalized spacial score (nSPS) is 11.5. The summed E-state index contributed by atoms with van der Waals surface area (Å²) in [5, 5.41) is 2.36. The van der Waals surface area contributed by atoms with E-state index < -0.39 is 33.9 Å². The zero-order valence-electron chi connectivity index (χ0n) is 14.5. The van der Waals surface area contributed by atoms with Gasteiger partial charge in [0.25, 0.3) is 5.56 Å². The molecule has 0 unspecified atom stereocenters. The molecule has 0 aliphatic carbocycles. The minimum absolute atomic E-state index is 0.0162. The molecule has 1 aromatic heterocycles. The van der Waals surface area contributed by atoms with Crippen LogP contribution in [0.15, 0.2) is 52.3 Å². The van der Waals surface area contributed by atoms with Crippen LogP contribution in [0.1, 0.15) is 13.8 Å². The molecule has 0 spiro atoms. The molecule has 0 bridgehead atoms. The Morgan fingerprint density at radius 1 is 1.15 bits per heavy atom. The minimum atomic E-state index is -3.76. The number of aromatic nitrogens is 1. The van der Waals surface area contributed by atoms with Gasteiger partial charge >= 0.3 is 0 Å². The molecule has 1 amide bonds. The number of carbonyl (C=O) groups excluding carboxylic acids is 1. The second-order valence-corrected chi connectivity index (χ2v) is 7.39. The number of nitrogens with zero attached hydrogens (tertiary/aromatic N) is 2. The van der Waals surface area contributed by atoms with E-state index in [1.165, 1.54) is 28.6 Å². The van der Waals surface area contributed by atoms with Gasteiger partial charge in [0.05, 0.1) is 10.6 Å². The molecule has 140 valence electrons. The minimum Gasteiger partial charge on any atom is -0.322 e. The van der Waals surface area contributed by atoms with Gasteiger partial charge in [0.15, 0.2) is 0 Å². The van der Waals surface area contributed by atoms with Gasteiger partial charge in [-0.2, -0.15) is 4.31 Å². The van der Waals surface area contributed by atoms with Crippen LogP contribution in [-0.2, 0) is 21.4 Å². The van der Waals surface area contributed by atoms with E-state index >= 15 is 0 Å². The summed E-state index contributed by atoms with van der Waals surface area (Å²) in [4.78, 5) is 24.0.